The van der Waals surface area contributed by atoms with Crippen LogP contribution in [0.2, 0.25) is 0 Å². The van der Waals surface area contributed by atoms with Gasteiger partial charge in [0.05, 0.1) is 6.04 Å². The van der Waals surface area contributed by atoms with Gasteiger partial charge >= 0.3 is 0 Å². The van der Waals surface area contributed by atoms with Gasteiger partial charge in [-0.1, -0.05) is 73.3 Å². The molecule has 0 spiro atoms. The summed E-state index contributed by atoms with van der Waals surface area (Å²) in [5.41, 5.74) is 2.54. The van der Waals surface area contributed by atoms with Crippen molar-refractivity contribution in [2.24, 2.45) is 0 Å². The van der Waals surface area contributed by atoms with Crippen molar-refractivity contribution in [3.05, 3.63) is 29.8 Å². The number of nitrogens with one attached hydrogen (secondary N) is 1. The summed E-state index contributed by atoms with van der Waals surface area (Å²) in [4.78, 5) is 2.35. The van der Waals surface area contributed by atoms with Gasteiger partial charge in [0.25, 0.3) is 0 Å². The predicted octanol–water partition coefficient (Wildman–Crippen LogP) is 5.80. The number of alkyl halides is 3. The lowest BCUT2D eigenvalue weighted by atomic mass is 10.1. The molecule has 5 heteroatoms. The van der Waals surface area contributed by atoms with Crippen LogP contribution in [0, 0.1) is 0 Å². The molecule has 0 radical (unpaired) electrons. The van der Waals surface area contributed by atoms with E-state index in [4.69, 9.17) is 0 Å². The third-order valence-electron chi connectivity index (χ3n) is 3.56. The van der Waals surface area contributed by atoms with Crippen molar-refractivity contribution in [2.75, 3.05) is 24.5 Å². The van der Waals surface area contributed by atoms with E-state index < -0.39 is 0 Å². The fraction of sp³-hybridized carbons (Fsp3) is 0.625. The van der Waals surface area contributed by atoms with Gasteiger partial charge in [0, 0.05) is 18.8 Å². The Bertz CT molecular complexity index is 397. The molecule has 0 unspecified atom stereocenters. The lowest BCUT2D eigenvalue weighted by molar-refractivity contribution is 0.545. The highest BCUT2D eigenvalue weighted by Crippen LogP contribution is 2.45. The molecule has 21 heavy (non-hydrogen) atoms. The molecule has 0 heterocycles. The first-order valence-electron chi connectivity index (χ1n) is 7.59. The Hall–Kier alpha value is 0.420. The number of benzene rings is 1. The maximum atomic E-state index is 3.67. The first-order chi connectivity index (χ1) is 9.93. The maximum Gasteiger partial charge on any atom is 0.154 e. The van der Waals surface area contributed by atoms with Crippen LogP contribution in [0.15, 0.2) is 24.3 Å². The zero-order valence-corrected chi connectivity index (χ0v) is 17.8. The Morgan fingerprint density at radius 3 is 2.05 bits per heavy atom. The average molecular weight is 485 g/mol. The number of halogens is 3. The monoisotopic (exact) mass is 482 g/mol. The lowest BCUT2D eigenvalue weighted by Crippen LogP contribution is -2.31. The van der Waals surface area contributed by atoms with Crippen molar-refractivity contribution in [1.82, 2.24) is 5.32 Å². The number of rotatable bonds is 8. The smallest absolute Gasteiger partial charge is 0.154 e. The molecule has 2 nitrogen and oxygen atoms in total. The number of nitrogens with zero attached hydrogens (tertiary/aromatic N) is 1. The van der Waals surface area contributed by atoms with Gasteiger partial charge in [-0.15, -0.1) is 0 Å². The molecule has 0 aliphatic heterocycles. The van der Waals surface area contributed by atoms with E-state index in [9.17, 15) is 0 Å². The highest BCUT2D eigenvalue weighted by atomic mass is 80.0. The van der Waals surface area contributed by atoms with Crippen LogP contribution in [-0.4, -0.2) is 21.8 Å². The van der Waals surface area contributed by atoms with Gasteiger partial charge in [-0.05, 0) is 44.5 Å². The van der Waals surface area contributed by atoms with Crippen molar-refractivity contribution in [3.63, 3.8) is 0 Å². The van der Waals surface area contributed by atoms with Gasteiger partial charge in [0.2, 0.25) is 0 Å². The number of hydrogen-bond donors (Lipinski definition) is 1. The third kappa shape index (κ3) is 6.20. The first-order valence-corrected chi connectivity index (χ1v) is 9.96. The Kier molecular flexibility index (Phi) is 8.84. The van der Waals surface area contributed by atoms with Crippen molar-refractivity contribution in [3.8, 4) is 0 Å². The summed E-state index contributed by atoms with van der Waals surface area (Å²) in [7, 11) is 0. The van der Waals surface area contributed by atoms with E-state index in [1.165, 1.54) is 24.1 Å². The first kappa shape index (κ1) is 19.5. The number of anilines is 1. The molecule has 1 rings (SSSR count). The summed E-state index contributed by atoms with van der Waals surface area (Å²) in [6, 6.07) is 8.98. The summed E-state index contributed by atoms with van der Waals surface area (Å²) >= 11 is 11.0. The summed E-state index contributed by atoms with van der Waals surface area (Å²) in [5, 5.41) is 3.60. The standard InChI is InChI=1S/C16H25Br3N2/c1-4-7-12-20-15(16(17,18)19)13-8-10-14(11-9-13)21(5-2)6-3/h8-11,15,20H,4-7,12H2,1-3H3/t15-/m0/s1. The molecular weight excluding hydrogens is 460 g/mol. The topological polar surface area (TPSA) is 15.3 Å². The molecule has 0 amide bonds. The predicted molar refractivity (Wildman–Crippen MR) is 105 cm³/mol. The second kappa shape index (κ2) is 9.53. The minimum atomic E-state index is -0.336. The molecule has 1 aromatic rings. The van der Waals surface area contributed by atoms with Crippen LogP contribution in [0.5, 0.6) is 0 Å². The molecule has 0 saturated heterocycles. The summed E-state index contributed by atoms with van der Waals surface area (Å²) in [5.74, 6) is 0. The van der Waals surface area contributed by atoms with Gasteiger partial charge in [0.15, 0.2) is 2.14 Å². The van der Waals surface area contributed by atoms with Crippen LogP contribution in [0.1, 0.15) is 45.2 Å². The Balaban J connectivity index is 2.88. The van der Waals surface area contributed by atoms with Crippen molar-refractivity contribution < 1.29 is 0 Å². The molecule has 0 fully saturated rings. The fourth-order valence-electron chi connectivity index (χ4n) is 2.31. The minimum Gasteiger partial charge on any atom is -0.372 e. The van der Waals surface area contributed by atoms with Crippen LogP contribution in [0.4, 0.5) is 5.69 Å². The van der Waals surface area contributed by atoms with E-state index in [1.54, 1.807) is 0 Å². The van der Waals surface area contributed by atoms with E-state index in [2.05, 4.69) is 103 Å². The zero-order valence-electron chi connectivity index (χ0n) is 13.0. The molecule has 1 N–H and O–H groups in total. The van der Waals surface area contributed by atoms with Crippen molar-refractivity contribution in [1.29, 1.82) is 0 Å². The van der Waals surface area contributed by atoms with Crippen LogP contribution >= 0.6 is 47.8 Å². The molecule has 1 aromatic carbocycles. The zero-order chi connectivity index (χ0) is 15.9. The van der Waals surface area contributed by atoms with Crippen LogP contribution in [0.25, 0.3) is 0 Å². The van der Waals surface area contributed by atoms with Gasteiger partial charge in [-0.25, -0.2) is 0 Å². The van der Waals surface area contributed by atoms with E-state index in [1.807, 2.05) is 0 Å². The Morgan fingerprint density at radius 2 is 1.62 bits per heavy atom. The second-order valence-corrected chi connectivity index (χ2v) is 12.0. The van der Waals surface area contributed by atoms with E-state index in [0.29, 0.717) is 0 Å². The van der Waals surface area contributed by atoms with Crippen molar-refractivity contribution in [2.45, 2.75) is 41.8 Å². The quantitative estimate of drug-likeness (QED) is 0.370. The van der Waals surface area contributed by atoms with E-state index in [-0.39, 0.29) is 8.18 Å². The molecule has 0 aliphatic carbocycles. The van der Waals surface area contributed by atoms with Gasteiger partial charge in [0.1, 0.15) is 0 Å². The SMILES string of the molecule is CCCCN[C@@H](c1ccc(N(CC)CC)cc1)C(Br)(Br)Br. The fourth-order valence-corrected chi connectivity index (χ4v) is 3.59. The van der Waals surface area contributed by atoms with Crippen LogP contribution in [0.3, 0.4) is 0 Å². The largest absolute Gasteiger partial charge is 0.372 e. The number of hydrogen-bond acceptors (Lipinski definition) is 2. The third-order valence-corrected chi connectivity index (χ3v) is 4.93. The minimum absolute atomic E-state index is 0.162. The Morgan fingerprint density at radius 1 is 1.05 bits per heavy atom. The maximum absolute atomic E-state index is 3.67. The molecule has 120 valence electrons. The molecule has 1 atom stereocenters. The molecule has 0 aromatic heterocycles. The lowest BCUT2D eigenvalue weighted by Gasteiger charge is -2.28. The molecule has 0 aliphatic rings. The van der Waals surface area contributed by atoms with E-state index >= 15 is 0 Å². The highest BCUT2D eigenvalue weighted by Gasteiger charge is 2.31. The average Bonchev–Trinajstić information content (AvgIpc) is 2.45. The van der Waals surface area contributed by atoms with Crippen molar-refractivity contribution >= 4 is 53.5 Å². The molecular formula is C16H25Br3N2. The summed E-state index contributed by atoms with van der Waals surface area (Å²) in [6.07, 6.45) is 2.37. The van der Waals surface area contributed by atoms with Gasteiger partial charge in [-0.2, -0.15) is 0 Å². The highest BCUT2D eigenvalue weighted by molar-refractivity contribution is 9.39. The molecule has 0 saturated carbocycles. The number of unbranched alkanes of at least 4 members (excludes halogenated alkanes) is 1. The van der Waals surface area contributed by atoms with Gasteiger partial charge < -0.3 is 10.2 Å². The van der Waals surface area contributed by atoms with Gasteiger partial charge in [-0.3, -0.25) is 0 Å². The van der Waals surface area contributed by atoms with E-state index in [0.717, 1.165) is 19.6 Å². The van der Waals surface area contributed by atoms with Crippen LogP contribution < -0.4 is 10.2 Å². The second-order valence-electron chi connectivity index (χ2n) is 5.05. The molecule has 0 bridgehead atoms. The Labute approximate surface area is 154 Å². The normalized spacial score (nSPS) is 13.2. The summed E-state index contributed by atoms with van der Waals surface area (Å²) < 4.78 is -0.336. The van der Waals surface area contributed by atoms with Crippen LogP contribution in [-0.2, 0) is 0 Å². The summed E-state index contributed by atoms with van der Waals surface area (Å²) in [6.45, 7) is 9.66.